The van der Waals surface area contributed by atoms with Gasteiger partial charge in [-0.1, -0.05) is 18.2 Å². The smallest absolute Gasteiger partial charge is 0.251 e. The molecule has 0 radical (unpaired) electrons. The van der Waals surface area contributed by atoms with Crippen LogP contribution in [-0.4, -0.2) is 53.6 Å². The minimum atomic E-state index is -3.89. The molecule has 9 nitrogen and oxygen atoms in total. The molecular weight excluding hydrogens is 502 g/mol. The lowest BCUT2D eigenvalue weighted by atomic mass is 10.1. The van der Waals surface area contributed by atoms with Gasteiger partial charge in [0.1, 0.15) is 0 Å². The number of fused-ring (bicyclic) bond motifs is 1. The van der Waals surface area contributed by atoms with Crippen LogP contribution < -0.4 is 5.32 Å². The highest BCUT2D eigenvalue weighted by Crippen LogP contribution is 2.45. The normalized spacial score (nSPS) is 20.0. The van der Waals surface area contributed by atoms with Crippen molar-refractivity contribution >= 4 is 21.8 Å². The van der Waals surface area contributed by atoms with Gasteiger partial charge in [-0.15, -0.1) is 0 Å². The van der Waals surface area contributed by atoms with Crippen molar-refractivity contribution in [1.29, 1.82) is 5.26 Å². The third-order valence-corrected chi connectivity index (χ3v) is 9.02. The van der Waals surface area contributed by atoms with Crippen molar-refractivity contribution in [3.05, 3.63) is 95.3 Å². The molecule has 1 saturated carbocycles. The summed E-state index contributed by atoms with van der Waals surface area (Å²) in [5.74, 6) is 0.519. The molecule has 3 atom stereocenters. The molecule has 1 saturated heterocycles. The molecule has 0 spiro atoms. The van der Waals surface area contributed by atoms with E-state index >= 15 is 0 Å². The number of benzene rings is 2. The molecule has 1 aliphatic heterocycles. The molecule has 194 valence electrons. The van der Waals surface area contributed by atoms with Crippen molar-refractivity contribution in [1.82, 2.24) is 19.5 Å². The number of likely N-dealkylation sites (tertiary alicyclic amines) is 1. The van der Waals surface area contributed by atoms with E-state index in [4.69, 9.17) is 5.26 Å². The van der Waals surface area contributed by atoms with Crippen LogP contribution in [0.4, 0.5) is 0 Å². The number of hydrogen-bond donors (Lipinski definition) is 1. The Labute approximate surface area is 221 Å². The second kappa shape index (κ2) is 10.4. The van der Waals surface area contributed by atoms with Crippen LogP contribution in [0.3, 0.4) is 0 Å². The Morgan fingerprint density at radius 3 is 2.26 bits per heavy atom. The van der Waals surface area contributed by atoms with Gasteiger partial charge in [0.2, 0.25) is 15.9 Å². The molecule has 2 amide bonds. The van der Waals surface area contributed by atoms with Crippen LogP contribution in [0.25, 0.3) is 0 Å². The van der Waals surface area contributed by atoms with Crippen molar-refractivity contribution < 1.29 is 18.0 Å². The van der Waals surface area contributed by atoms with Crippen LogP contribution >= 0.6 is 0 Å². The Hall–Kier alpha value is -4.07. The fraction of sp³-hybridized carbons (Fsp3) is 0.286. The number of hydrogen-bond acceptors (Lipinski definition) is 6. The molecule has 2 aliphatic rings. The molecule has 1 unspecified atom stereocenters. The first-order valence-electron chi connectivity index (χ1n) is 12.3. The third-order valence-electron chi connectivity index (χ3n) is 7.22. The Kier molecular flexibility index (Phi) is 6.97. The topological polar surface area (TPSA) is 123 Å². The molecule has 2 heterocycles. The molecule has 38 heavy (non-hydrogen) atoms. The highest BCUT2D eigenvalue weighted by atomic mass is 32.2. The van der Waals surface area contributed by atoms with Gasteiger partial charge in [-0.2, -0.15) is 9.57 Å². The van der Waals surface area contributed by atoms with E-state index in [1.54, 1.807) is 49.6 Å². The van der Waals surface area contributed by atoms with Gasteiger partial charge in [-0.3, -0.25) is 14.6 Å². The van der Waals surface area contributed by atoms with Crippen molar-refractivity contribution in [2.75, 3.05) is 13.1 Å². The minimum absolute atomic E-state index is 0.0663. The van der Waals surface area contributed by atoms with Gasteiger partial charge < -0.3 is 10.2 Å². The summed E-state index contributed by atoms with van der Waals surface area (Å²) in [4.78, 5) is 30.3. The predicted octanol–water partition coefficient (Wildman–Crippen LogP) is 2.55. The van der Waals surface area contributed by atoms with Crippen molar-refractivity contribution in [3.8, 4) is 6.07 Å². The van der Waals surface area contributed by atoms with Gasteiger partial charge >= 0.3 is 0 Å². The van der Waals surface area contributed by atoms with Gasteiger partial charge in [0.25, 0.3) is 5.91 Å². The van der Waals surface area contributed by atoms with Crippen LogP contribution in [-0.2, 0) is 27.9 Å². The van der Waals surface area contributed by atoms with E-state index in [9.17, 15) is 18.0 Å². The quantitative estimate of drug-likeness (QED) is 0.478. The van der Waals surface area contributed by atoms with Crippen LogP contribution in [0.2, 0.25) is 0 Å². The number of pyridine rings is 1. The number of carbonyl (C=O) groups is 2. The first-order valence-corrected chi connectivity index (χ1v) is 13.7. The lowest BCUT2D eigenvalue weighted by molar-refractivity contribution is -0.128. The van der Waals surface area contributed by atoms with Crippen LogP contribution in [0.5, 0.6) is 0 Å². The number of carbonyl (C=O) groups excluding carboxylic acids is 2. The van der Waals surface area contributed by atoms with Gasteiger partial charge in [-0.25, -0.2) is 8.42 Å². The summed E-state index contributed by atoms with van der Waals surface area (Å²) >= 11 is 0. The molecule has 1 aliphatic carbocycles. The summed E-state index contributed by atoms with van der Waals surface area (Å²) in [6.07, 6.45) is 3.25. The summed E-state index contributed by atoms with van der Waals surface area (Å²) in [6, 6.07) is 18.4. The Morgan fingerprint density at radius 2 is 1.68 bits per heavy atom. The number of sulfonamides is 1. The first kappa shape index (κ1) is 25.6. The van der Waals surface area contributed by atoms with E-state index in [1.165, 1.54) is 28.6 Å². The Balaban J connectivity index is 1.29. The SMILES string of the molecule is CC(=O)N1C[C@@H]2C(NC(=O)c3ccc(CN(Cc4cccnc4)S(=O)(=O)c4ccc(C#N)cc4)cc3)[C@@H]2C1. The van der Waals surface area contributed by atoms with Crippen LogP contribution in [0.15, 0.2) is 78.0 Å². The summed E-state index contributed by atoms with van der Waals surface area (Å²) < 4.78 is 28.4. The Morgan fingerprint density at radius 1 is 1.03 bits per heavy atom. The summed E-state index contributed by atoms with van der Waals surface area (Å²) in [5.41, 5.74) is 2.33. The van der Waals surface area contributed by atoms with E-state index in [2.05, 4.69) is 10.3 Å². The zero-order chi connectivity index (χ0) is 26.9. The van der Waals surface area contributed by atoms with Gasteiger partial charge in [0.05, 0.1) is 16.5 Å². The number of rotatable bonds is 8. The van der Waals surface area contributed by atoms with Crippen molar-refractivity contribution in [3.63, 3.8) is 0 Å². The summed E-state index contributed by atoms with van der Waals surface area (Å²) in [6.45, 7) is 3.13. The number of nitriles is 1. The maximum absolute atomic E-state index is 13.5. The number of nitrogens with zero attached hydrogens (tertiary/aromatic N) is 4. The predicted molar refractivity (Wildman–Crippen MR) is 139 cm³/mol. The van der Waals surface area contributed by atoms with E-state index in [0.29, 0.717) is 36.1 Å². The molecule has 2 aromatic carbocycles. The molecule has 2 fully saturated rings. The van der Waals surface area contributed by atoms with E-state index in [-0.39, 0.29) is 35.8 Å². The molecular formula is C28H27N5O4S. The van der Waals surface area contributed by atoms with E-state index in [1.807, 2.05) is 17.0 Å². The standard InChI is InChI=1S/C28H27N5O4S/c1-19(34)32-17-25-26(18-32)27(25)31-28(35)23-8-4-21(5-9-23)15-33(16-22-3-2-12-30-14-22)38(36,37)24-10-6-20(13-29)7-11-24/h2-12,14,25-27H,15-18H2,1H3,(H,31,35)/t25-,26+,27?. The number of amides is 2. The van der Waals surface area contributed by atoms with Gasteiger partial charge in [0, 0.05) is 68.9 Å². The zero-order valence-electron chi connectivity index (χ0n) is 20.8. The maximum atomic E-state index is 13.5. The molecule has 5 rings (SSSR count). The second-order valence-electron chi connectivity index (χ2n) is 9.72. The fourth-order valence-electron chi connectivity index (χ4n) is 4.97. The molecule has 1 aromatic heterocycles. The van der Waals surface area contributed by atoms with Crippen LogP contribution in [0.1, 0.15) is 34.0 Å². The maximum Gasteiger partial charge on any atom is 0.251 e. The number of aromatic nitrogens is 1. The summed E-state index contributed by atoms with van der Waals surface area (Å²) in [7, 11) is -3.89. The summed E-state index contributed by atoms with van der Waals surface area (Å²) in [5, 5.41) is 12.1. The zero-order valence-corrected chi connectivity index (χ0v) is 21.6. The lowest BCUT2D eigenvalue weighted by Gasteiger charge is -2.22. The third kappa shape index (κ3) is 5.30. The fourth-order valence-corrected chi connectivity index (χ4v) is 6.39. The monoisotopic (exact) mass is 529 g/mol. The molecule has 10 heteroatoms. The lowest BCUT2D eigenvalue weighted by Crippen LogP contribution is -2.36. The number of piperidine rings is 1. The average molecular weight is 530 g/mol. The highest BCUT2D eigenvalue weighted by Gasteiger charge is 2.57. The highest BCUT2D eigenvalue weighted by molar-refractivity contribution is 7.89. The second-order valence-corrected chi connectivity index (χ2v) is 11.7. The van der Waals surface area contributed by atoms with E-state index in [0.717, 1.165) is 11.1 Å². The minimum Gasteiger partial charge on any atom is -0.349 e. The molecule has 3 aromatic rings. The van der Waals surface area contributed by atoms with Crippen molar-refractivity contribution in [2.24, 2.45) is 11.8 Å². The van der Waals surface area contributed by atoms with Crippen molar-refractivity contribution in [2.45, 2.75) is 31.0 Å². The van der Waals surface area contributed by atoms with Gasteiger partial charge in [-0.05, 0) is 53.6 Å². The molecule has 0 bridgehead atoms. The largest absolute Gasteiger partial charge is 0.349 e. The Bertz CT molecular complexity index is 1470. The number of nitrogens with one attached hydrogen (secondary N) is 1. The van der Waals surface area contributed by atoms with E-state index < -0.39 is 10.0 Å². The van der Waals surface area contributed by atoms with Crippen LogP contribution in [0, 0.1) is 23.2 Å². The van der Waals surface area contributed by atoms with Gasteiger partial charge in [0.15, 0.2) is 0 Å². The average Bonchev–Trinajstić information content (AvgIpc) is 3.34. The first-order chi connectivity index (χ1) is 18.3. The molecule has 1 N–H and O–H groups in total.